The number of aryl methyl sites for hydroxylation is 1. The highest BCUT2D eigenvalue weighted by molar-refractivity contribution is 7.91. The highest BCUT2D eigenvalue weighted by Gasteiger charge is 2.29. The molecule has 1 atom stereocenters. The van der Waals surface area contributed by atoms with E-state index < -0.39 is 26.7 Å². The first-order valence-electron chi connectivity index (χ1n) is 11.0. The summed E-state index contributed by atoms with van der Waals surface area (Å²) in [5.41, 5.74) is 1.92. The van der Waals surface area contributed by atoms with Crippen LogP contribution in [0.5, 0.6) is 11.5 Å². The van der Waals surface area contributed by atoms with Gasteiger partial charge in [0, 0.05) is 23.9 Å². The monoisotopic (exact) mass is 512 g/mol. The lowest BCUT2D eigenvalue weighted by molar-refractivity contribution is 0.391. The Morgan fingerprint density at radius 3 is 2.31 bits per heavy atom. The molecule has 0 fully saturated rings. The summed E-state index contributed by atoms with van der Waals surface area (Å²) in [6.45, 7) is 3.40. The molecule has 3 aromatic heterocycles. The van der Waals surface area contributed by atoms with E-state index in [2.05, 4.69) is 25.1 Å². The maximum atomic E-state index is 13.4. The first-order chi connectivity index (χ1) is 17.2. The Hall–Kier alpha value is -3.93. The van der Waals surface area contributed by atoms with Gasteiger partial charge in [0.1, 0.15) is 28.8 Å². The quantitative estimate of drug-likeness (QED) is 0.333. The molecule has 0 N–H and O–H groups in total. The molecule has 0 unspecified atom stereocenters. The molecule has 0 spiro atoms. The number of nitrogens with zero attached hydrogens (tertiary/aromatic N) is 6. The number of ether oxygens (including phenoxy) is 2. The molecule has 10 nitrogen and oxygen atoms in total. The van der Waals surface area contributed by atoms with Gasteiger partial charge in [0.05, 0.1) is 31.9 Å². The second-order valence-corrected chi connectivity index (χ2v) is 10.5. The van der Waals surface area contributed by atoms with E-state index in [1.807, 2.05) is 13.0 Å². The molecule has 0 saturated heterocycles. The van der Waals surface area contributed by atoms with Gasteiger partial charge in [-0.1, -0.05) is 6.07 Å². The van der Waals surface area contributed by atoms with Gasteiger partial charge >= 0.3 is 0 Å². The van der Waals surface area contributed by atoms with Crippen molar-refractivity contribution in [1.82, 2.24) is 29.7 Å². The fourth-order valence-electron chi connectivity index (χ4n) is 3.72. The van der Waals surface area contributed by atoms with Gasteiger partial charge in [-0.15, -0.1) is 10.2 Å². The number of aromatic nitrogens is 6. The molecule has 0 bridgehead atoms. The van der Waals surface area contributed by atoms with Gasteiger partial charge in [-0.05, 0) is 38.1 Å². The highest BCUT2D eigenvalue weighted by Crippen LogP contribution is 2.36. The number of halogens is 1. The molecule has 4 rings (SSSR count). The van der Waals surface area contributed by atoms with E-state index in [0.717, 1.165) is 18.1 Å². The molecule has 0 aliphatic heterocycles. The summed E-state index contributed by atoms with van der Waals surface area (Å²) < 4.78 is 52.7. The first kappa shape index (κ1) is 25.2. The SMILES string of the molecule is COc1cccc(OC)c1-n1c(CS(=O)(=O)[C@@H](C)Cc2ncc(F)cn2)nnc1-c1ccnc(C)c1. The van der Waals surface area contributed by atoms with E-state index >= 15 is 0 Å². The minimum absolute atomic E-state index is 0.0190. The largest absolute Gasteiger partial charge is 0.494 e. The third-order valence-electron chi connectivity index (χ3n) is 5.60. The topological polar surface area (TPSA) is 122 Å². The van der Waals surface area contributed by atoms with Gasteiger partial charge in [-0.3, -0.25) is 9.55 Å². The minimum atomic E-state index is -3.76. The van der Waals surface area contributed by atoms with Gasteiger partial charge in [-0.2, -0.15) is 0 Å². The van der Waals surface area contributed by atoms with Gasteiger partial charge in [0.15, 0.2) is 27.3 Å². The number of para-hydroxylation sites is 1. The average molecular weight is 513 g/mol. The van der Waals surface area contributed by atoms with Crippen LogP contribution in [0.4, 0.5) is 4.39 Å². The smallest absolute Gasteiger partial charge is 0.168 e. The number of methoxy groups -OCH3 is 2. The van der Waals surface area contributed by atoms with Crippen LogP contribution in [0.1, 0.15) is 24.3 Å². The van der Waals surface area contributed by atoms with Crippen LogP contribution < -0.4 is 9.47 Å². The Morgan fingerprint density at radius 2 is 1.69 bits per heavy atom. The van der Waals surface area contributed by atoms with Crippen LogP contribution in [0.2, 0.25) is 0 Å². The van der Waals surface area contributed by atoms with E-state index in [1.54, 1.807) is 42.0 Å². The second-order valence-electron chi connectivity index (χ2n) is 8.11. The average Bonchev–Trinajstić information content (AvgIpc) is 3.27. The zero-order chi connectivity index (χ0) is 25.9. The number of benzene rings is 1. The summed E-state index contributed by atoms with van der Waals surface area (Å²) in [6, 6.07) is 8.85. The molecule has 0 amide bonds. The standard InChI is InChI=1S/C24H25FN6O4S/c1-15-10-17(8-9-26-15)24-30-29-22(31(24)23-19(34-3)6-5-7-20(23)35-4)14-36(32,33)16(2)11-21-27-12-18(25)13-28-21/h5-10,12-13,16H,11,14H2,1-4H3/t16-/m0/s1. The van der Waals surface area contributed by atoms with Crippen LogP contribution in [-0.4, -0.2) is 57.6 Å². The molecule has 0 saturated carbocycles. The van der Waals surface area contributed by atoms with Crippen molar-refractivity contribution in [2.75, 3.05) is 14.2 Å². The minimum Gasteiger partial charge on any atom is -0.494 e. The molecular weight excluding hydrogens is 487 g/mol. The molecule has 188 valence electrons. The number of pyridine rings is 1. The summed E-state index contributed by atoms with van der Waals surface area (Å²) in [7, 11) is -0.731. The summed E-state index contributed by atoms with van der Waals surface area (Å²) in [5.74, 6) is 0.700. The number of rotatable bonds is 9. The van der Waals surface area contributed by atoms with Crippen LogP contribution in [-0.2, 0) is 22.0 Å². The normalized spacial score (nSPS) is 12.4. The lowest BCUT2D eigenvalue weighted by Gasteiger charge is -2.18. The molecule has 3 heterocycles. The summed E-state index contributed by atoms with van der Waals surface area (Å²) >= 11 is 0. The van der Waals surface area contributed by atoms with Crippen LogP contribution >= 0.6 is 0 Å². The molecule has 0 aliphatic rings. The molecule has 1 aromatic carbocycles. The number of sulfone groups is 1. The van der Waals surface area contributed by atoms with E-state index in [4.69, 9.17) is 9.47 Å². The Labute approximate surface area is 208 Å². The number of hydrogen-bond acceptors (Lipinski definition) is 9. The summed E-state index contributed by atoms with van der Waals surface area (Å²) in [4.78, 5) is 12.0. The van der Waals surface area contributed by atoms with Gasteiger partial charge in [0.25, 0.3) is 0 Å². The van der Waals surface area contributed by atoms with E-state index in [0.29, 0.717) is 28.6 Å². The Balaban J connectivity index is 1.81. The number of hydrogen-bond donors (Lipinski definition) is 0. The van der Waals surface area contributed by atoms with Crippen LogP contribution in [0.3, 0.4) is 0 Å². The van der Waals surface area contributed by atoms with Gasteiger partial charge in [-0.25, -0.2) is 22.8 Å². The highest BCUT2D eigenvalue weighted by atomic mass is 32.2. The molecular formula is C24H25FN6O4S. The Morgan fingerprint density at radius 1 is 1.03 bits per heavy atom. The third kappa shape index (κ3) is 5.18. The lowest BCUT2D eigenvalue weighted by Crippen LogP contribution is -2.24. The maximum Gasteiger partial charge on any atom is 0.168 e. The molecule has 0 radical (unpaired) electrons. The third-order valence-corrected chi connectivity index (χ3v) is 7.65. The van der Waals surface area contributed by atoms with Crippen LogP contribution in [0.25, 0.3) is 17.1 Å². The second kappa shape index (κ2) is 10.4. The molecule has 12 heteroatoms. The predicted molar refractivity (Wildman–Crippen MR) is 130 cm³/mol. The molecule has 36 heavy (non-hydrogen) atoms. The van der Waals surface area contributed by atoms with Crippen molar-refractivity contribution in [3.05, 3.63) is 72.1 Å². The fraction of sp³-hybridized carbons (Fsp3) is 0.292. The molecule has 4 aromatic rings. The van der Waals surface area contributed by atoms with Crippen molar-refractivity contribution in [3.8, 4) is 28.6 Å². The van der Waals surface area contributed by atoms with Crippen molar-refractivity contribution >= 4 is 9.84 Å². The van der Waals surface area contributed by atoms with Crippen molar-refractivity contribution in [2.24, 2.45) is 0 Å². The van der Waals surface area contributed by atoms with E-state index in [-0.39, 0.29) is 18.1 Å². The fourth-order valence-corrected chi connectivity index (χ4v) is 4.95. The van der Waals surface area contributed by atoms with Crippen molar-refractivity contribution in [1.29, 1.82) is 0 Å². The zero-order valence-corrected chi connectivity index (χ0v) is 21.0. The van der Waals surface area contributed by atoms with Crippen LogP contribution in [0.15, 0.2) is 48.9 Å². The first-order valence-corrected chi connectivity index (χ1v) is 12.7. The van der Waals surface area contributed by atoms with Crippen molar-refractivity contribution in [2.45, 2.75) is 31.3 Å². The van der Waals surface area contributed by atoms with Gasteiger partial charge in [0.2, 0.25) is 0 Å². The van der Waals surface area contributed by atoms with Gasteiger partial charge < -0.3 is 9.47 Å². The van der Waals surface area contributed by atoms with E-state index in [1.165, 1.54) is 14.2 Å². The predicted octanol–water partition coefficient (Wildman–Crippen LogP) is 3.13. The summed E-state index contributed by atoms with van der Waals surface area (Å²) in [5, 5.41) is 7.73. The summed E-state index contributed by atoms with van der Waals surface area (Å²) in [6.07, 6.45) is 3.68. The Bertz CT molecular complexity index is 1450. The molecule has 0 aliphatic carbocycles. The lowest BCUT2D eigenvalue weighted by atomic mass is 10.2. The zero-order valence-electron chi connectivity index (χ0n) is 20.2. The van der Waals surface area contributed by atoms with E-state index in [9.17, 15) is 12.8 Å². The van der Waals surface area contributed by atoms with Crippen molar-refractivity contribution < 1.29 is 22.3 Å². The van der Waals surface area contributed by atoms with Crippen molar-refractivity contribution in [3.63, 3.8) is 0 Å². The maximum absolute atomic E-state index is 13.4. The Kier molecular flexibility index (Phi) is 7.25. The van der Waals surface area contributed by atoms with Crippen LogP contribution in [0, 0.1) is 12.7 Å².